The van der Waals surface area contributed by atoms with Crippen molar-refractivity contribution in [3.05, 3.63) is 138 Å². The number of sulfonamides is 3. The number of pyridine rings is 3. The summed E-state index contributed by atoms with van der Waals surface area (Å²) in [4.78, 5) is 56.0. The van der Waals surface area contributed by atoms with E-state index < -0.39 is 68.1 Å². The number of nitrogen functional groups attached to an aromatic ring is 1. The average Bonchev–Trinajstić information content (AvgIpc) is 1.55. The number of aromatic nitrogens is 3. The molecule has 0 bridgehead atoms. The number of aliphatic hydroxyl groups is 1. The van der Waals surface area contributed by atoms with Crippen molar-refractivity contribution in [2.24, 2.45) is 28.1 Å². The topological polar surface area (TPSA) is 338 Å². The summed E-state index contributed by atoms with van der Waals surface area (Å²) in [5.41, 5.74) is 11.1. The van der Waals surface area contributed by atoms with Gasteiger partial charge in [-0.25, -0.2) is 40.0 Å². The molecule has 29 heteroatoms. The highest BCUT2D eigenvalue weighted by atomic mass is 32.2. The molecule has 3 aliphatic heterocycles. The van der Waals surface area contributed by atoms with Gasteiger partial charge in [0.25, 0.3) is 11.8 Å². The maximum absolute atomic E-state index is 13.4. The summed E-state index contributed by atoms with van der Waals surface area (Å²) in [6, 6.07) is 28.8. The van der Waals surface area contributed by atoms with E-state index in [9.17, 15) is 53.5 Å². The van der Waals surface area contributed by atoms with Gasteiger partial charge in [-0.15, -0.1) is 0 Å². The summed E-state index contributed by atoms with van der Waals surface area (Å²) in [5, 5.41) is 23.3. The molecule has 3 aromatic heterocycles. The van der Waals surface area contributed by atoms with Crippen molar-refractivity contribution in [3.8, 4) is 5.88 Å². The Bertz CT molecular complexity index is 4590. The van der Waals surface area contributed by atoms with E-state index in [0.717, 1.165) is 83.5 Å². The number of amides is 2. The minimum Gasteiger partial charge on any atom is -0.478 e. The van der Waals surface area contributed by atoms with Crippen LogP contribution in [0.15, 0.2) is 109 Å². The molecular weight excluding hydrogens is 1420 g/mol. The van der Waals surface area contributed by atoms with Crippen LogP contribution >= 0.6 is 0 Å². The minimum absolute atomic E-state index is 0.128. The fraction of sp³-hybridized carbons (Fsp3) is 0.532. The Kier molecular flexibility index (Phi) is 21.4. The summed E-state index contributed by atoms with van der Waals surface area (Å²) in [6.45, 7) is 11.3. The first-order valence-electron chi connectivity index (χ1n) is 37.2. The van der Waals surface area contributed by atoms with Crippen molar-refractivity contribution in [2.75, 3.05) is 97.7 Å². The van der Waals surface area contributed by atoms with Crippen LogP contribution in [0.5, 0.6) is 5.88 Å². The number of carboxylic acid groups (broad SMARTS) is 1. The number of benzene rings is 3. The Hall–Kier alpha value is -8.41. The van der Waals surface area contributed by atoms with Crippen molar-refractivity contribution in [3.63, 3.8) is 0 Å². The predicted octanol–water partition coefficient (Wildman–Crippen LogP) is 13.2. The van der Waals surface area contributed by atoms with Gasteiger partial charge in [0, 0.05) is 51.9 Å². The number of ether oxygens (including phenoxy) is 1. The van der Waals surface area contributed by atoms with Crippen LogP contribution in [0.2, 0.25) is 0 Å². The van der Waals surface area contributed by atoms with Crippen LogP contribution in [0.3, 0.4) is 0 Å². The maximum atomic E-state index is 13.4. The molecule has 3 saturated heterocycles. The van der Waals surface area contributed by atoms with E-state index >= 15 is 0 Å². The number of nitrogens with one attached hydrogen (secondary N) is 5. The number of carboxylic acids is 1. The van der Waals surface area contributed by atoms with E-state index in [1.807, 2.05) is 12.1 Å². The van der Waals surface area contributed by atoms with Crippen LogP contribution in [0.1, 0.15) is 193 Å². The lowest BCUT2D eigenvalue weighted by molar-refractivity contribution is 0.0696. The van der Waals surface area contributed by atoms with E-state index in [1.54, 1.807) is 75.4 Å². The molecule has 3 spiro atoms. The Balaban J connectivity index is 0.000000131. The lowest BCUT2D eigenvalue weighted by Gasteiger charge is -2.35. The normalized spacial score (nSPS) is 20.9. The highest BCUT2D eigenvalue weighted by Gasteiger charge is 2.53. The largest absolute Gasteiger partial charge is 0.478 e. The number of hydrogen-bond donors (Lipinski definition) is 8. The van der Waals surface area contributed by atoms with E-state index in [4.69, 9.17) is 15.6 Å². The van der Waals surface area contributed by atoms with Crippen LogP contribution in [-0.4, -0.2) is 135 Å². The Morgan fingerprint density at radius 1 is 0.472 bits per heavy atom. The fourth-order valence-electron chi connectivity index (χ4n) is 13.6. The number of halogens is 2. The smallest absolute Gasteiger partial charge is 0.337 e. The number of rotatable bonds is 21. The average molecular weight is 1520 g/mol. The van der Waals surface area contributed by atoms with Gasteiger partial charge in [-0.3, -0.25) is 23.8 Å². The lowest BCUT2D eigenvalue weighted by Crippen LogP contribution is -2.36. The third kappa shape index (κ3) is 18.7. The van der Waals surface area contributed by atoms with Crippen molar-refractivity contribution in [1.82, 2.24) is 15.0 Å². The fourth-order valence-corrected chi connectivity index (χ4v) is 17.6. The highest BCUT2D eigenvalue weighted by Crippen LogP contribution is 2.57. The zero-order valence-electron chi connectivity index (χ0n) is 60.5. The summed E-state index contributed by atoms with van der Waals surface area (Å²) in [7, 11) is -10.4. The van der Waals surface area contributed by atoms with Gasteiger partial charge >= 0.3 is 5.97 Å². The van der Waals surface area contributed by atoms with E-state index in [2.05, 4.69) is 54.5 Å². The molecule has 11 fully saturated rings. The Morgan fingerprint density at radius 3 is 1.13 bits per heavy atom. The second-order valence-corrected chi connectivity index (χ2v) is 38.6. The zero-order valence-corrected chi connectivity index (χ0v) is 62.9. The number of nitrogens with zero attached hydrogens (tertiary/aromatic N) is 6. The molecule has 9 N–H and O–H groups in total. The molecule has 0 unspecified atom stereocenters. The van der Waals surface area contributed by atoms with Crippen molar-refractivity contribution >= 4 is 99.4 Å². The monoisotopic (exact) mass is 1520 g/mol. The number of aromatic carboxylic acids is 1. The van der Waals surface area contributed by atoms with Crippen LogP contribution in [0, 0.1) is 40.0 Å². The minimum atomic E-state index is -3.50. The van der Waals surface area contributed by atoms with E-state index in [0.29, 0.717) is 131 Å². The van der Waals surface area contributed by atoms with Crippen LogP contribution in [-0.2, 0) is 30.1 Å². The standard InChI is InChI=1S/C27H34N4O4S.C23H27FN4O3S.C18H24N2O4S.C5H5FN2.C4H8O/c1-26(9-10-26)36(33,34)30-20-7-8-21(22(17-20)31-15-13-27(11-12-27)14-16-31)25(32)29-23-3-2-4-24(28-23)35-18-19-5-6-19;1-22(7-8-22)32(30,31)27-16-5-6-17(21(29)26-20-4-2-3-19(24)25-20)18(15-16)28-13-11-23(9-10-23)12-14-28;1-17(4-5-17)25(23,24)19-13-2-3-14(16(21)22)15(12-13)20-10-8-18(6-7-18)9-11-20;6-4-2-1-3-5(7)8-4;5-3-4-1-2-4/h2-4,7-8,17,19,30H,5-6,9-16,18H2,1H3,(H,28,29,32);2-6,15,27H,7-14H2,1H3,(H,25,26,29);2-3,12,19H,4-11H2,1H3,(H,21,22);1-3H,(H2,7,8);4-5H,1-3H2. The van der Waals surface area contributed by atoms with Gasteiger partial charge in [0.05, 0.1) is 71.7 Å². The summed E-state index contributed by atoms with van der Waals surface area (Å²) >= 11 is 0. The first kappa shape index (κ1) is 75.8. The van der Waals surface area contributed by atoms with Gasteiger partial charge in [0.2, 0.25) is 47.8 Å². The van der Waals surface area contributed by atoms with Crippen molar-refractivity contribution in [2.45, 2.75) is 176 Å². The summed E-state index contributed by atoms with van der Waals surface area (Å²) in [6.07, 6.45) is 23.0. The third-order valence-corrected chi connectivity index (χ3v) is 30.1. The van der Waals surface area contributed by atoms with Gasteiger partial charge in [0.15, 0.2) is 0 Å². The molecule has 8 aliphatic carbocycles. The van der Waals surface area contributed by atoms with Gasteiger partial charge in [-0.05, 0) is 275 Å². The first-order valence-corrected chi connectivity index (χ1v) is 41.7. The lowest BCUT2D eigenvalue weighted by atomic mass is 9.93. The molecule has 8 saturated carbocycles. The predicted molar refractivity (Wildman–Crippen MR) is 407 cm³/mol. The molecule has 2 amide bonds. The molecule has 11 aliphatic rings. The number of aliphatic hydroxyl groups excluding tert-OH is 1. The SMILES string of the molecule is CC1(S(=O)(=O)Nc2ccc(C(=O)Nc3cccc(F)n3)c(N3CCC4(CC3)CC4)c2)CC1.CC1(S(=O)(=O)Nc2ccc(C(=O)Nc3cccc(OCC4CC4)n3)c(N3CCC4(CC3)CC4)c2)CC1.CC1(S(=O)(=O)Nc2ccc(C(=O)O)c(N3CCC4(CC3)CC4)c2)CC1.Nc1cccc(F)n1.OCC1CC1. The second-order valence-electron chi connectivity index (χ2n) is 32.0. The molecule has 17 rings (SSSR count). The van der Waals surface area contributed by atoms with Gasteiger partial charge in [-0.2, -0.15) is 13.8 Å². The molecule has 6 aromatic rings. The van der Waals surface area contributed by atoms with Crippen molar-refractivity contribution in [1.29, 1.82) is 0 Å². The molecule has 106 heavy (non-hydrogen) atoms. The highest BCUT2D eigenvalue weighted by molar-refractivity contribution is 7.95. The van der Waals surface area contributed by atoms with E-state index in [1.165, 1.54) is 107 Å². The van der Waals surface area contributed by atoms with Gasteiger partial charge in [-0.1, -0.05) is 18.2 Å². The van der Waals surface area contributed by atoms with E-state index in [-0.39, 0.29) is 23.1 Å². The summed E-state index contributed by atoms with van der Waals surface area (Å²) in [5.74, 6) is -0.290. The van der Waals surface area contributed by atoms with Crippen LogP contribution < -0.4 is 50.0 Å². The third-order valence-electron chi connectivity index (χ3n) is 23.4. The molecule has 3 aromatic carbocycles. The van der Waals surface area contributed by atoms with Crippen LogP contribution in [0.4, 0.5) is 60.4 Å². The Labute approximate surface area is 620 Å². The molecule has 0 radical (unpaired) electrons. The number of hydrogen-bond acceptors (Lipinski definition) is 18. The maximum Gasteiger partial charge on any atom is 0.337 e. The quantitative estimate of drug-likeness (QED) is 0.0310. The van der Waals surface area contributed by atoms with Gasteiger partial charge in [0.1, 0.15) is 17.5 Å². The zero-order chi connectivity index (χ0) is 75.1. The molecule has 24 nitrogen and oxygen atoms in total. The number of nitrogens with two attached hydrogens (primary N) is 1. The number of carbonyl (C=O) groups excluding carboxylic acids is 2. The molecular formula is C77H98F2N12O12S3. The second kappa shape index (κ2) is 30.0. The number of piperidine rings is 3. The first-order chi connectivity index (χ1) is 50.4. The number of carbonyl (C=O) groups is 3. The molecule has 6 heterocycles. The summed E-state index contributed by atoms with van der Waals surface area (Å²) < 4.78 is 113. The molecule has 570 valence electrons. The van der Waals surface area contributed by atoms with Crippen LogP contribution in [0.25, 0.3) is 0 Å². The van der Waals surface area contributed by atoms with Crippen molar-refractivity contribution < 1.29 is 63.4 Å². The number of anilines is 9. The van der Waals surface area contributed by atoms with Gasteiger partial charge < -0.3 is 46.0 Å². The Morgan fingerprint density at radius 2 is 0.821 bits per heavy atom. The molecule has 0 atom stereocenters.